The number of aromatic nitrogens is 1. The molecular formula is C31H34N2O2Si. The van der Waals surface area contributed by atoms with Crippen LogP contribution in [0.15, 0.2) is 97.2 Å². The lowest BCUT2D eigenvalue weighted by atomic mass is 10.2. The van der Waals surface area contributed by atoms with Crippen molar-refractivity contribution in [1.82, 2.24) is 4.98 Å². The Morgan fingerprint density at radius 3 is 2.17 bits per heavy atom. The third kappa shape index (κ3) is 4.86. The summed E-state index contributed by atoms with van der Waals surface area (Å²) in [5.74, 6) is 0.806. The summed E-state index contributed by atoms with van der Waals surface area (Å²) < 4.78 is 7.08. The van der Waals surface area contributed by atoms with Gasteiger partial charge >= 0.3 is 0 Å². The fraction of sp³-hybridized carbons (Fsp3) is 0.290. The Labute approximate surface area is 214 Å². The van der Waals surface area contributed by atoms with E-state index in [0.717, 1.165) is 23.0 Å². The number of amides is 1. The molecule has 1 fully saturated rings. The lowest BCUT2D eigenvalue weighted by Crippen LogP contribution is -2.66. The van der Waals surface area contributed by atoms with Crippen LogP contribution in [0.5, 0.6) is 0 Å². The number of fused-ring (bicyclic) bond motifs is 1. The third-order valence-electron chi connectivity index (χ3n) is 7.35. The Morgan fingerprint density at radius 1 is 0.889 bits per heavy atom. The van der Waals surface area contributed by atoms with Crippen molar-refractivity contribution in [2.45, 2.75) is 38.7 Å². The highest BCUT2D eigenvalue weighted by molar-refractivity contribution is 6.99. The Hall–Kier alpha value is -3.28. The predicted molar refractivity (Wildman–Crippen MR) is 150 cm³/mol. The normalized spacial score (nSPS) is 17.6. The van der Waals surface area contributed by atoms with Gasteiger partial charge in [-0.1, -0.05) is 99.6 Å². The maximum absolute atomic E-state index is 12.9. The lowest BCUT2D eigenvalue weighted by molar-refractivity contribution is -0.116. The molecule has 5 heteroatoms. The standard InChI is InChI=1S/C31H34N2O2Si/c1-31(2,3)36(26-14-6-4-7-15-26,27-16-8-5-9-17-27)35-22-25-20-24(25)21-29(34)33-28-18-10-12-23-13-11-19-32-30(23)28/h4-19,24-25H,20-22H2,1-3H3,(H,33,34)/t24-,25-/m0/s1. The largest absolute Gasteiger partial charge is 0.407 e. The first-order valence-electron chi connectivity index (χ1n) is 12.8. The number of anilines is 1. The van der Waals surface area contributed by atoms with Gasteiger partial charge in [0.25, 0.3) is 8.32 Å². The van der Waals surface area contributed by atoms with E-state index in [-0.39, 0.29) is 10.9 Å². The smallest absolute Gasteiger partial charge is 0.261 e. The second-order valence-electron chi connectivity index (χ2n) is 10.9. The van der Waals surface area contributed by atoms with E-state index in [1.54, 1.807) is 6.20 Å². The van der Waals surface area contributed by atoms with Crippen LogP contribution < -0.4 is 15.7 Å². The average Bonchev–Trinajstić information content (AvgIpc) is 3.62. The summed E-state index contributed by atoms with van der Waals surface area (Å²) in [5.41, 5.74) is 1.61. The van der Waals surface area contributed by atoms with Gasteiger partial charge in [-0.25, -0.2) is 0 Å². The van der Waals surface area contributed by atoms with E-state index in [9.17, 15) is 4.79 Å². The van der Waals surface area contributed by atoms with E-state index in [0.29, 0.717) is 24.9 Å². The minimum atomic E-state index is -2.54. The van der Waals surface area contributed by atoms with Crippen LogP contribution >= 0.6 is 0 Å². The number of hydrogen-bond donors (Lipinski definition) is 1. The molecule has 4 aromatic rings. The summed E-state index contributed by atoms with van der Waals surface area (Å²) in [7, 11) is -2.54. The zero-order chi connectivity index (χ0) is 25.2. The molecule has 1 aliphatic rings. The molecule has 1 saturated carbocycles. The molecule has 184 valence electrons. The summed E-state index contributed by atoms with van der Waals surface area (Å²) in [6.45, 7) is 7.58. The number of pyridine rings is 1. The number of hydrogen-bond acceptors (Lipinski definition) is 3. The number of para-hydroxylation sites is 1. The molecule has 0 unspecified atom stereocenters. The van der Waals surface area contributed by atoms with E-state index < -0.39 is 8.32 Å². The van der Waals surface area contributed by atoms with Gasteiger partial charge in [-0.2, -0.15) is 0 Å². The van der Waals surface area contributed by atoms with Crippen LogP contribution in [0.2, 0.25) is 5.04 Å². The second-order valence-corrected chi connectivity index (χ2v) is 15.2. The van der Waals surface area contributed by atoms with Crippen LogP contribution in [0, 0.1) is 11.8 Å². The molecule has 1 N–H and O–H groups in total. The van der Waals surface area contributed by atoms with E-state index in [4.69, 9.17) is 4.43 Å². The number of nitrogens with zero attached hydrogens (tertiary/aromatic N) is 1. The van der Waals surface area contributed by atoms with E-state index in [1.165, 1.54) is 10.4 Å². The fourth-order valence-electron chi connectivity index (χ4n) is 5.40. The molecule has 1 heterocycles. The third-order valence-corrected chi connectivity index (χ3v) is 12.4. The van der Waals surface area contributed by atoms with Crippen LogP contribution in [0.1, 0.15) is 33.6 Å². The van der Waals surface area contributed by atoms with Crippen LogP contribution in [-0.4, -0.2) is 25.8 Å². The van der Waals surface area contributed by atoms with Gasteiger partial charge in [0.15, 0.2) is 0 Å². The maximum atomic E-state index is 12.9. The first kappa shape index (κ1) is 24.4. The first-order chi connectivity index (χ1) is 17.4. The molecule has 3 aromatic carbocycles. The van der Waals surface area contributed by atoms with Gasteiger partial charge in [0.05, 0.1) is 11.2 Å². The molecule has 2 atom stereocenters. The van der Waals surface area contributed by atoms with Gasteiger partial charge in [0.2, 0.25) is 5.91 Å². The summed E-state index contributed by atoms with van der Waals surface area (Å²) in [6.07, 6.45) is 3.30. The maximum Gasteiger partial charge on any atom is 0.261 e. The highest BCUT2D eigenvalue weighted by Gasteiger charge is 2.51. The van der Waals surface area contributed by atoms with Crippen molar-refractivity contribution in [2.75, 3.05) is 11.9 Å². The van der Waals surface area contributed by atoms with Crippen molar-refractivity contribution >= 4 is 41.2 Å². The minimum Gasteiger partial charge on any atom is -0.407 e. The second kappa shape index (κ2) is 10.00. The lowest BCUT2D eigenvalue weighted by Gasteiger charge is -2.43. The zero-order valence-electron chi connectivity index (χ0n) is 21.3. The van der Waals surface area contributed by atoms with Crippen LogP contribution in [-0.2, 0) is 9.22 Å². The van der Waals surface area contributed by atoms with Crippen molar-refractivity contribution in [1.29, 1.82) is 0 Å². The van der Waals surface area contributed by atoms with Gasteiger partial charge in [-0.05, 0) is 45.8 Å². The van der Waals surface area contributed by atoms with E-state index >= 15 is 0 Å². The van der Waals surface area contributed by atoms with Crippen LogP contribution in [0.3, 0.4) is 0 Å². The quantitative estimate of drug-likeness (QED) is 0.316. The summed E-state index contributed by atoms with van der Waals surface area (Å²) in [6, 6.07) is 31.3. The molecule has 4 nitrogen and oxygen atoms in total. The highest BCUT2D eigenvalue weighted by Crippen LogP contribution is 2.44. The number of carbonyl (C=O) groups is 1. The molecule has 1 amide bonds. The van der Waals surface area contributed by atoms with E-state index in [2.05, 4.69) is 91.7 Å². The fourth-order valence-corrected chi connectivity index (χ4v) is 10.0. The van der Waals surface area contributed by atoms with Gasteiger partial charge in [0, 0.05) is 24.6 Å². The number of carbonyl (C=O) groups excluding carboxylic acids is 1. The average molecular weight is 495 g/mol. The monoisotopic (exact) mass is 494 g/mol. The molecule has 1 aromatic heterocycles. The van der Waals surface area contributed by atoms with Crippen LogP contribution in [0.4, 0.5) is 5.69 Å². The van der Waals surface area contributed by atoms with Crippen molar-refractivity contribution in [3.8, 4) is 0 Å². The Bertz CT molecular complexity index is 1290. The van der Waals surface area contributed by atoms with Crippen molar-refractivity contribution in [3.63, 3.8) is 0 Å². The van der Waals surface area contributed by atoms with Crippen molar-refractivity contribution in [3.05, 3.63) is 97.2 Å². The first-order valence-corrected chi connectivity index (χ1v) is 14.7. The Kier molecular flexibility index (Phi) is 6.78. The summed E-state index contributed by atoms with van der Waals surface area (Å²) in [4.78, 5) is 17.3. The molecule has 0 radical (unpaired) electrons. The van der Waals surface area contributed by atoms with Crippen LogP contribution in [0.25, 0.3) is 10.9 Å². The minimum absolute atomic E-state index is 0.0428. The molecule has 36 heavy (non-hydrogen) atoms. The molecule has 1 aliphatic carbocycles. The molecule has 5 rings (SSSR count). The predicted octanol–water partition coefficient (Wildman–Crippen LogP) is 5.78. The molecule has 0 aliphatic heterocycles. The van der Waals surface area contributed by atoms with Gasteiger partial charge in [-0.3, -0.25) is 9.78 Å². The summed E-state index contributed by atoms with van der Waals surface area (Å²) >= 11 is 0. The molecule has 0 bridgehead atoms. The molecule has 0 saturated heterocycles. The highest BCUT2D eigenvalue weighted by atomic mass is 28.4. The summed E-state index contributed by atoms with van der Waals surface area (Å²) in [5, 5.41) is 6.66. The number of nitrogens with one attached hydrogen (secondary N) is 1. The number of rotatable bonds is 8. The Balaban J connectivity index is 1.29. The number of benzene rings is 3. The Morgan fingerprint density at radius 2 is 1.53 bits per heavy atom. The van der Waals surface area contributed by atoms with Gasteiger partial charge < -0.3 is 9.74 Å². The van der Waals surface area contributed by atoms with Crippen molar-refractivity contribution in [2.24, 2.45) is 11.8 Å². The molecular weight excluding hydrogens is 460 g/mol. The topological polar surface area (TPSA) is 51.2 Å². The SMILES string of the molecule is CC(C)(C)[Si](OC[C@@H]1C[C@H]1CC(=O)Nc1cccc2cccnc12)(c1ccccc1)c1ccccc1. The van der Waals surface area contributed by atoms with Gasteiger partial charge in [0.1, 0.15) is 0 Å². The zero-order valence-corrected chi connectivity index (χ0v) is 22.3. The van der Waals surface area contributed by atoms with Gasteiger partial charge in [-0.15, -0.1) is 0 Å². The molecule has 0 spiro atoms. The van der Waals surface area contributed by atoms with Crippen molar-refractivity contribution < 1.29 is 9.22 Å². The van der Waals surface area contributed by atoms with E-state index in [1.807, 2.05) is 30.3 Å².